The van der Waals surface area contributed by atoms with Crippen LogP contribution in [0.5, 0.6) is 0 Å². The highest BCUT2D eigenvalue weighted by Gasteiger charge is 2.17. The molecule has 0 spiro atoms. The predicted octanol–water partition coefficient (Wildman–Crippen LogP) is 11.8. The minimum atomic E-state index is -0.789. The van der Waals surface area contributed by atoms with Crippen molar-refractivity contribution in [2.45, 2.75) is 0 Å². The van der Waals surface area contributed by atoms with Crippen LogP contribution in [0.2, 0.25) is 0 Å². The Bertz CT molecular complexity index is 3380. The Morgan fingerprint density at radius 3 is 1.61 bits per heavy atom. The summed E-state index contributed by atoms with van der Waals surface area (Å²) < 4.78 is 139. The Kier molecular flexibility index (Phi) is 4.21. The van der Waals surface area contributed by atoms with Gasteiger partial charge in [-0.3, -0.25) is 0 Å². The average molecular weight is 643 g/mol. The van der Waals surface area contributed by atoms with E-state index in [1.807, 2.05) is 54.6 Å². The fraction of sp³-hybridized carbons (Fsp3) is 0. The van der Waals surface area contributed by atoms with Crippen molar-refractivity contribution in [1.29, 1.82) is 0 Å². The van der Waals surface area contributed by atoms with Crippen molar-refractivity contribution in [2.75, 3.05) is 0 Å². The molecule has 0 fully saturated rings. The van der Waals surface area contributed by atoms with Crippen molar-refractivity contribution in [3.8, 4) is 67.5 Å². The number of hydrogen-bond donors (Lipinski definition) is 0. The summed E-state index contributed by atoms with van der Waals surface area (Å²) in [7, 11) is 0. The molecule has 9 aromatic rings. The molecular formula is C45H29N3O. The molecule has 0 saturated heterocycles. The molecule has 0 saturated carbocycles. The maximum atomic E-state index is 9.62. The number of aromatic nitrogens is 3. The van der Waals surface area contributed by atoms with Crippen molar-refractivity contribution in [1.82, 2.24) is 15.0 Å². The number of benzene rings is 7. The SMILES string of the molecule is [2H]c1c([2H])c([2H])c(-c2c([2H])c(-c3c([2H])c([2H])c(-c4nc(-c5ccccc5)nc(-c5ccc(-c6ccccc6)cc5)n4)c([2H])c3[2H])c3c(oc4c([2H])c([2H])c([2H])c([2H])c43)c2[2H])c([2H])c1[2H]. The quantitative estimate of drug-likeness (QED) is 0.181. The largest absolute Gasteiger partial charge is 0.456 e. The van der Waals surface area contributed by atoms with Crippen LogP contribution in [0.4, 0.5) is 0 Å². The van der Waals surface area contributed by atoms with E-state index in [0.29, 0.717) is 11.1 Å². The number of furan rings is 1. The molecule has 0 N–H and O–H groups in total. The van der Waals surface area contributed by atoms with E-state index in [4.69, 9.17) is 21.7 Å². The van der Waals surface area contributed by atoms with E-state index in [2.05, 4.69) is 9.97 Å². The third kappa shape index (κ3) is 5.45. The predicted molar refractivity (Wildman–Crippen MR) is 200 cm³/mol. The first-order valence-corrected chi connectivity index (χ1v) is 15.1. The normalized spacial score (nSPS) is 15.6. The fourth-order valence-electron chi connectivity index (χ4n) is 5.49. The molecule has 230 valence electrons. The van der Waals surface area contributed by atoms with Crippen LogP contribution in [0.3, 0.4) is 0 Å². The van der Waals surface area contributed by atoms with Crippen LogP contribution in [-0.4, -0.2) is 15.0 Å². The summed E-state index contributed by atoms with van der Waals surface area (Å²) in [6.07, 6.45) is 0. The number of rotatable bonds is 6. The summed E-state index contributed by atoms with van der Waals surface area (Å²) in [6, 6.07) is 15.0. The Morgan fingerprint density at radius 2 is 0.918 bits per heavy atom. The maximum absolute atomic E-state index is 9.62. The molecular weight excluding hydrogens is 599 g/mol. The van der Waals surface area contributed by atoms with Gasteiger partial charge in [-0.15, -0.1) is 0 Å². The Balaban J connectivity index is 1.35. The summed E-state index contributed by atoms with van der Waals surface area (Å²) in [4.78, 5) is 14.0. The van der Waals surface area contributed by atoms with Crippen molar-refractivity contribution >= 4 is 21.9 Å². The van der Waals surface area contributed by atoms with Crippen molar-refractivity contribution in [3.05, 3.63) is 176 Å². The second kappa shape index (κ2) is 12.2. The molecule has 0 bridgehead atoms. The van der Waals surface area contributed by atoms with Gasteiger partial charge in [0.25, 0.3) is 0 Å². The lowest BCUT2D eigenvalue weighted by molar-refractivity contribution is 0.669. The molecule has 0 unspecified atom stereocenters. The zero-order valence-corrected chi connectivity index (χ0v) is 25.3. The molecule has 0 radical (unpaired) electrons. The van der Waals surface area contributed by atoms with E-state index in [1.165, 1.54) is 0 Å². The monoisotopic (exact) mass is 642 g/mol. The number of hydrogen-bond acceptors (Lipinski definition) is 4. The van der Waals surface area contributed by atoms with Gasteiger partial charge in [0.15, 0.2) is 17.5 Å². The van der Waals surface area contributed by atoms with E-state index in [0.717, 1.165) is 11.1 Å². The molecule has 0 aliphatic carbocycles. The van der Waals surface area contributed by atoms with Gasteiger partial charge in [0.05, 0.1) is 20.6 Å². The van der Waals surface area contributed by atoms with Crippen LogP contribution in [0.25, 0.3) is 89.5 Å². The minimum absolute atomic E-state index is 0.160. The Morgan fingerprint density at radius 1 is 0.388 bits per heavy atom. The molecule has 9 rings (SSSR count). The first-order valence-electron chi connectivity index (χ1n) is 22.6. The van der Waals surface area contributed by atoms with Crippen molar-refractivity contribution < 1.29 is 25.0 Å². The molecule has 49 heavy (non-hydrogen) atoms. The smallest absolute Gasteiger partial charge is 0.164 e. The highest BCUT2D eigenvalue weighted by atomic mass is 16.3. The first-order chi connectivity index (χ1) is 30.5. The molecule has 4 heteroatoms. The van der Waals surface area contributed by atoms with Gasteiger partial charge >= 0.3 is 0 Å². The standard InChI is InChI=1S/C45H29N3O/c1-4-12-30(13-5-1)32-20-24-35(25-21-32)44-46-43(34-16-8-3-9-17-34)47-45(48-44)36-26-22-33(23-27-36)39-28-37(31-14-6-2-7-15-31)29-41-42(39)38-18-10-11-19-40(38)49-41/h1-29H/i2D,6D,7D,10D,11D,14D,15D,18D,19D,22D,23D,26D,27D,28D,29D. The lowest BCUT2D eigenvalue weighted by atomic mass is 9.94. The van der Waals surface area contributed by atoms with E-state index >= 15 is 0 Å². The Hall–Kier alpha value is -6.65. The van der Waals surface area contributed by atoms with Gasteiger partial charge in [-0.25, -0.2) is 15.0 Å². The first kappa shape index (κ1) is 17.0. The molecule has 0 atom stereocenters. The molecule has 2 aromatic heterocycles. The third-order valence-electron chi connectivity index (χ3n) is 7.84. The van der Waals surface area contributed by atoms with Gasteiger partial charge in [0, 0.05) is 27.5 Å². The fourth-order valence-corrected chi connectivity index (χ4v) is 5.49. The maximum Gasteiger partial charge on any atom is 0.164 e. The van der Waals surface area contributed by atoms with Gasteiger partial charge in [0.1, 0.15) is 11.2 Å². The molecule has 7 aromatic carbocycles. The molecule has 2 heterocycles. The van der Waals surface area contributed by atoms with Crippen LogP contribution in [0.1, 0.15) is 20.6 Å². The summed E-state index contributed by atoms with van der Waals surface area (Å²) >= 11 is 0. The lowest BCUT2D eigenvalue weighted by Gasteiger charge is -2.11. The highest BCUT2D eigenvalue weighted by molar-refractivity contribution is 6.13. The molecule has 0 aliphatic heterocycles. The van der Waals surface area contributed by atoms with Gasteiger partial charge in [-0.2, -0.15) is 0 Å². The summed E-state index contributed by atoms with van der Waals surface area (Å²) in [5, 5.41) is -0.672. The number of nitrogens with zero attached hydrogens (tertiary/aromatic N) is 3. The van der Waals surface area contributed by atoms with E-state index < -0.39 is 124 Å². The topological polar surface area (TPSA) is 51.8 Å². The van der Waals surface area contributed by atoms with Crippen LogP contribution in [0, 0.1) is 0 Å². The highest BCUT2D eigenvalue weighted by Crippen LogP contribution is 2.40. The van der Waals surface area contributed by atoms with Crippen molar-refractivity contribution in [2.24, 2.45) is 0 Å². The lowest BCUT2D eigenvalue weighted by Crippen LogP contribution is -2.00. The average Bonchev–Trinajstić information content (AvgIpc) is 3.72. The van der Waals surface area contributed by atoms with E-state index in [1.54, 1.807) is 30.3 Å². The van der Waals surface area contributed by atoms with Crippen molar-refractivity contribution in [3.63, 3.8) is 0 Å². The molecule has 4 nitrogen and oxygen atoms in total. The van der Waals surface area contributed by atoms with Crippen LogP contribution in [0.15, 0.2) is 180 Å². The number of fused-ring (bicyclic) bond motifs is 3. The molecule has 0 amide bonds. The van der Waals surface area contributed by atoms with Gasteiger partial charge in [-0.1, -0.05) is 157 Å². The minimum Gasteiger partial charge on any atom is -0.456 e. The summed E-state index contributed by atoms with van der Waals surface area (Å²) in [6.45, 7) is 0. The zero-order chi connectivity index (χ0) is 45.6. The second-order valence-corrected chi connectivity index (χ2v) is 10.9. The van der Waals surface area contributed by atoms with Gasteiger partial charge < -0.3 is 4.42 Å². The Labute approximate surface area is 305 Å². The second-order valence-electron chi connectivity index (χ2n) is 10.9. The zero-order valence-electron chi connectivity index (χ0n) is 40.3. The van der Waals surface area contributed by atoms with Gasteiger partial charge in [-0.05, 0) is 51.5 Å². The number of para-hydroxylation sites is 1. The summed E-state index contributed by atoms with van der Waals surface area (Å²) in [5.74, 6) is 0.102. The van der Waals surface area contributed by atoms with Crippen LogP contribution in [-0.2, 0) is 0 Å². The van der Waals surface area contributed by atoms with E-state index in [9.17, 15) is 8.22 Å². The van der Waals surface area contributed by atoms with E-state index in [-0.39, 0.29) is 33.8 Å². The third-order valence-corrected chi connectivity index (χ3v) is 7.84. The van der Waals surface area contributed by atoms with Crippen LogP contribution >= 0.6 is 0 Å². The summed E-state index contributed by atoms with van der Waals surface area (Å²) in [5.41, 5.74) is -0.540. The van der Waals surface area contributed by atoms with Crippen LogP contribution < -0.4 is 0 Å². The molecule has 0 aliphatic rings. The van der Waals surface area contributed by atoms with Gasteiger partial charge in [0.2, 0.25) is 0 Å².